The molecule has 2 aliphatic rings. The van der Waals surface area contributed by atoms with Crippen molar-refractivity contribution in [3.05, 3.63) is 89.4 Å². The number of pyridine rings is 2. The fraction of sp³-hybridized carbons (Fsp3) is 0.300. The van der Waals surface area contributed by atoms with Crippen LogP contribution in [0.15, 0.2) is 66.9 Å². The van der Waals surface area contributed by atoms with Crippen molar-refractivity contribution in [1.29, 1.82) is 0 Å². The fourth-order valence-corrected chi connectivity index (χ4v) is 5.32. The van der Waals surface area contributed by atoms with Gasteiger partial charge in [0.05, 0.1) is 0 Å². The molecule has 7 nitrogen and oxygen atoms in total. The Hall–Kier alpha value is -4.13. The molecule has 0 bridgehead atoms. The lowest BCUT2D eigenvalue weighted by Crippen LogP contribution is -2.46. The van der Waals surface area contributed by atoms with Gasteiger partial charge in [-0.15, -0.1) is 0 Å². The third-order valence-electron chi connectivity index (χ3n) is 7.33. The van der Waals surface area contributed by atoms with Crippen LogP contribution in [-0.2, 0) is 4.79 Å². The quantitative estimate of drug-likeness (QED) is 0.303. The maximum absolute atomic E-state index is 13.2. The van der Waals surface area contributed by atoms with Crippen LogP contribution in [0.3, 0.4) is 0 Å². The predicted molar refractivity (Wildman–Crippen MR) is 147 cm³/mol. The summed E-state index contributed by atoms with van der Waals surface area (Å²) in [6.45, 7) is 7.73. The molecule has 1 aliphatic carbocycles. The van der Waals surface area contributed by atoms with E-state index in [0.717, 1.165) is 67.3 Å². The molecule has 4 aromatic rings. The van der Waals surface area contributed by atoms with Crippen LogP contribution >= 0.6 is 0 Å². The van der Waals surface area contributed by atoms with Crippen molar-refractivity contribution in [2.75, 3.05) is 41.3 Å². The average molecular weight is 494 g/mol. The van der Waals surface area contributed by atoms with Gasteiger partial charge in [-0.05, 0) is 98.3 Å². The van der Waals surface area contributed by atoms with E-state index in [1.54, 1.807) is 0 Å². The van der Waals surface area contributed by atoms with E-state index in [2.05, 4.69) is 34.2 Å². The van der Waals surface area contributed by atoms with Gasteiger partial charge in [-0.1, -0.05) is 6.07 Å². The number of aryl methyl sites for hydroxylation is 2. The SMILES string of the molecule is Cc1cc(C)nc(N2CCN(c3ccc(NC(=O)C(=O)c4c(C5CC5)cc5ccccn45)cc3)CC2)c1. The van der Waals surface area contributed by atoms with E-state index in [1.165, 1.54) is 5.56 Å². The molecule has 1 amide bonds. The van der Waals surface area contributed by atoms with Crippen molar-refractivity contribution in [1.82, 2.24) is 9.38 Å². The van der Waals surface area contributed by atoms with E-state index >= 15 is 0 Å². The van der Waals surface area contributed by atoms with Gasteiger partial charge in [0.1, 0.15) is 11.5 Å². The minimum Gasteiger partial charge on any atom is -0.368 e. The standard InChI is InChI=1S/C30H31N5O2/c1-20-17-21(2)31-27(18-20)34-15-13-33(14-16-34)24-10-8-23(9-11-24)32-30(37)29(36)28-26(22-6-7-22)19-25-5-3-4-12-35(25)28/h3-5,8-12,17-19,22H,6-7,13-16H2,1-2H3,(H,32,37). The smallest absolute Gasteiger partial charge is 0.298 e. The van der Waals surface area contributed by atoms with E-state index in [1.807, 2.05) is 66.1 Å². The number of anilines is 3. The second-order valence-corrected chi connectivity index (χ2v) is 10.2. The normalized spacial score (nSPS) is 15.7. The van der Waals surface area contributed by atoms with E-state index in [0.29, 0.717) is 17.3 Å². The van der Waals surface area contributed by atoms with Gasteiger partial charge in [-0.3, -0.25) is 9.59 Å². The van der Waals surface area contributed by atoms with Crippen molar-refractivity contribution in [2.24, 2.45) is 0 Å². The zero-order valence-electron chi connectivity index (χ0n) is 21.3. The topological polar surface area (TPSA) is 70.0 Å². The van der Waals surface area contributed by atoms with E-state index in [9.17, 15) is 9.59 Å². The number of rotatable bonds is 6. The molecule has 0 atom stereocenters. The molecule has 0 radical (unpaired) electrons. The second kappa shape index (κ2) is 9.39. The number of benzene rings is 1. The molecule has 7 heteroatoms. The van der Waals surface area contributed by atoms with Gasteiger partial charge in [-0.25, -0.2) is 4.98 Å². The Morgan fingerprint density at radius 1 is 0.892 bits per heavy atom. The highest BCUT2D eigenvalue weighted by Crippen LogP contribution is 2.43. The Kier molecular flexibility index (Phi) is 5.91. The van der Waals surface area contributed by atoms with Gasteiger partial charge in [0.2, 0.25) is 0 Å². The Morgan fingerprint density at radius 3 is 2.32 bits per heavy atom. The fourth-order valence-electron chi connectivity index (χ4n) is 5.32. The highest BCUT2D eigenvalue weighted by Gasteiger charge is 2.33. The van der Waals surface area contributed by atoms with Crippen molar-refractivity contribution in [3.8, 4) is 0 Å². The summed E-state index contributed by atoms with van der Waals surface area (Å²) in [7, 11) is 0. The van der Waals surface area contributed by atoms with E-state index < -0.39 is 11.7 Å². The summed E-state index contributed by atoms with van der Waals surface area (Å²) >= 11 is 0. The van der Waals surface area contributed by atoms with Crippen LogP contribution in [-0.4, -0.2) is 47.3 Å². The molecular weight excluding hydrogens is 462 g/mol. The van der Waals surface area contributed by atoms with Gasteiger partial charge in [0.15, 0.2) is 0 Å². The molecule has 1 aromatic carbocycles. The lowest BCUT2D eigenvalue weighted by molar-refractivity contribution is -0.112. The summed E-state index contributed by atoms with van der Waals surface area (Å²) in [5.41, 5.74) is 6.41. The summed E-state index contributed by atoms with van der Waals surface area (Å²) in [4.78, 5) is 35.6. The number of fused-ring (bicyclic) bond motifs is 1. The van der Waals surface area contributed by atoms with Crippen molar-refractivity contribution < 1.29 is 9.59 Å². The van der Waals surface area contributed by atoms with Gasteiger partial charge in [0.25, 0.3) is 11.7 Å². The molecule has 6 rings (SSSR count). The van der Waals surface area contributed by atoms with E-state index in [4.69, 9.17) is 4.98 Å². The van der Waals surface area contributed by atoms with Gasteiger partial charge in [0, 0.05) is 55.0 Å². The van der Waals surface area contributed by atoms with Crippen LogP contribution in [0.1, 0.15) is 46.1 Å². The largest absolute Gasteiger partial charge is 0.368 e. The Labute approximate surface area is 216 Å². The van der Waals surface area contributed by atoms with Crippen molar-refractivity contribution in [2.45, 2.75) is 32.6 Å². The summed E-state index contributed by atoms with van der Waals surface area (Å²) in [6.07, 6.45) is 3.98. The Bertz CT molecular complexity index is 1460. The number of ketones is 1. The summed E-state index contributed by atoms with van der Waals surface area (Å²) in [5.74, 6) is 0.318. The zero-order valence-corrected chi connectivity index (χ0v) is 21.3. The Morgan fingerprint density at radius 2 is 1.62 bits per heavy atom. The minimum atomic E-state index is -0.604. The molecule has 0 unspecified atom stereocenters. The minimum absolute atomic E-state index is 0.372. The number of Topliss-reactive ketones (excluding diaryl/α,β-unsaturated/α-hetero) is 1. The molecule has 1 N–H and O–H groups in total. The first-order valence-electron chi connectivity index (χ1n) is 13.0. The predicted octanol–water partition coefficient (Wildman–Crippen LogP) is 4.98. The molecule has 4 heterocycles. The monoisotopic (exact) mass is 493 g/mol. The van der Waals surface area contributed by atoms with Crippen LogP contribution in [0.4, 0.5) is 17.2 Å². The summed E-state index contributed by atoms with van der Waals surface area (Å²) in [5, 5.41) is 2.81. The van der Waals surface area contributed by atoms with Crippen LogP contribution in [0.2, 0.25) is 0 Å². The molecule has 0 spiro atoms. The van der Waals surface area contributed by atoms with Crippen LogP contribution in [0.25, 0.3) is 5.52 Å². The lowest BCUT2D eigenvalue weighted by atomic mass is 10.1. The second-order valence-electron chi connectivity index (χ2n) is 10.2. The number of aromatic nitrogens is 2. The number of piperazine rings is 1. The number of carbonyl (C=O) groups is 2. The highest BCUT2D eigenvalue weighted by atomic mass is 16.2. The number of nitrogens with one attached hydrogen (secondary N) is 1. The first-order valence-corrected chi connectivity index (χ1v) is 13.0. The molecule has 3 aromatic heterocycles. The number of carbonyl (C=O) groups excluding carboxylic acids is 2. The van der Waals surface area contributed by atoms with Gasteiger partial charge >= 0.3 is 0 Å². The van der Waals surface area contributed by atoms with Gasteiger partial charge in [-0.2, -0.15) is 0 Å². The summed E-state index contributed by atoms with van der Waals surface area (Å²) < 4.78 is 1.84. The number of nitrogens with zero attached hydrogens (tertiary/aromatic N) is 4. The highest BCUT2D eigenvalue weighted by molar-refractivity contribution is 6.46. The van der Waals surface area contributed by atoms with Crippen molar-refractivity contribution in [3.63, 3.8) is 0 Å². The molecule has 1 aliphatic heterocycles. The number of amides is 1. The van der Waals surface area contributed by atoms with Crippen LogP contribution in [0, 0.1) is 13.8 Å². The number of hydrogen-bond acceptors (Lipinski definition) is 5. The average Bonchev–Trinajstić information content (AvgIpc) is 3.68. The molecular formula is C30H31N5O2. The number of hydrogen-bond donors (Lipinski definition) is 1. The third kappa shape index (κ3) is 4.69. The molecule has 37 heavy (non-hydrogen) atoms. The van der Waals surface area contributed by atoms with Crippen LogP contribution < -0.4 is 15.1 Å². The zero-order chi connectivity index (χ0) is 25.5. The lowest BCUT2D eigenvalue weighted by Gasteiger charge is -2.37. The third-order valence-corrected chi connectivity index (χ3v) is 7.33. The first kappa shape index (κ1) is 23.3. The maximum atomic E-state index is 13.2. The molecule has 2 fully saturated rings. The molecule has 188 valence electrons. The Balaban J connectivity index is 1.11. The van der Waals surface area contributed by atoms with Crippen molar-refractivity contribution >= 4 is 34.4 Å². The maximum Gasteiger partial charge on any atom is 0.298 e. The van der Waals surface area contributed by atoms with Gasteiger partial charge < -0.3 is 19.5 Å². The first-order chi connectivity index (χ1) is 18.0. The molecule has 1 saturated heterocycles. The molecule has 1 saturated carbocycles. The van der Waals surface area contributed by atoms with Crippen LogP contribution in [0.5, 0.6) is 0 Å². The van der Waals surface area contributed by atoms with E-state index in [-0.39, 0.29) is 0 Å². The summed E-state index contributed by atoms with van der Waals surface area (Å²) in [6, 6.07) is 19.8.